The maximum atomic E-state index is 13.7. The van der Waals surface area contributed by atoms with Crippen molar-refractivity contribution in [2.24, 2.45) is 0 Å². The molecule has 0 saturated heterocycles. The van der Waals surface area contributed by atoms with Crippen molar-refractivity contribution in [3.05, 3.63) is 71.7 Å². The van der Waals surface area contributed by atoms with E-state index in [1.54, 1.807) is 24.0 Å². The normalized spacial score (nSPS) is 18.1. The number of benzene rings is 2. The van der Waals surface area contributed by atoms with Crippen LogP contribution in [-0.2, 0) is 22.6 Å². The van der Waals surface area contributed by atoms with Crippen LogP contribution in [0.1, 0.15) is 43.2 Å². The summed E-state index contributed by atoms with van der Waals surface area (Å²) in [6.45, 7) is 7.29. The molecule has 4 rings (SSSR count). The first-order chi connectivity index (χ1) is 15.8. The van der Waals surface area contributed by atoms with Crippen molar-refractivity contribution in [2.45, 2.75) is 51.9 Å². The third-order valence-corrected chi connectivity index (χ3v) is 6.14. The monoisotopic (exact) mass is 451 g/mol. The van der Waals surface area contributed by atoms with E-state index in [0.717, 1.165) is 16.5 Å². The maximum Gasteiger partial charge on any atom is 0.271 e. The average molecular weight is 452 g/mol. The number of para-hydroxylation sites is 1. The van der Waals surface area contributed by atoms with Gasteiger partial charge in [0.05, 0.1) is 12.6 Å². The Morgan fingerprint density at radius 2 is 1.91 bits per heavy atom. The molecular formula is C26H30FN3O3. The van der Waals surface area contributed by atoms with Crippen molar-refractivity contribution >= 4 is 22.7 Å². The first kappa shape index (κ1) is 23.0. The zero-order valence-corrected chi connectivity index (χ0v) is 19.3. The van der Waals surface area contributed by atoms with Crippen molar-refractivity contribution in [2.75, 3.05) is 13.2 Å². The molecule has 0 saturated carbocycles. The largest absolute Gasteiger partial charge is 0.379 e. The van der Waals surface area contributed by atoms with Gasteiger partial charge in [-0.05, 0) is 57.0 Å². The van der Waals surface area contributed by atoms with Crippen LogP contribution in [-0.4, -0.2) is 46.1 Å². The SMILES string of the molecule is CC(C)OCCCNC(=O)[C@]1(C)Cn2c(cc3ccccc32)C(=O)N1Cc1ccc(F)cc1. The number of halogens is 1. The molecule has 2 heterocycles. The lowest BCUT2D eigenvalue weighted by molar-refractivity contribution is -0.133. The van der Waals surface area contributed by atoms with E-state index in [9.17, 15) is 14.0 Å². The first-order valence-electron chi connectivity index (χ1n) is 11.3. The Balaban J connectivity index is 1.64. The van der Waals surface area contributed by atoms with Gasteiger partial charge in [0.2, 0.25) is 5.91 Å². The van der Waals surface area contributed by atoms with Crippen molar-refractivity contribution in [3.63, 3.8) is 0 Å². The molecule has 1 aliphatic heterocycles. The summed E-state index contributed by atoms with van der Waals surface area (Å²) >= 11 is 0. The molecule has 33 heavy (non-hydrogen) atoms. The van der Waals surface area contributed by atoms with Crippen molar-refractivity contribution in [1.29, 1.82) is 0 Å². The second-order valence-electron chi connectivity index (χ2n) is 9.00. The zero-order chi connectivity index (χ0) is 23.6. The van der Waals surface area contributed by atoms with E-state index in [1.807, 2.05) is 48.7 Å². The fourth-order valence-corrected chi connectivity index (χ4v) is 4.31. The minimum Gasteiger partial charge on any atom is -0.379 e. The molecule has 0 bridgehead atoms. The summed E-state index contributed by atoms with van der Waals surface area (Å²) in [4.78, 5) is 28.7. The molecule has 1 atom stereocenters. The number of nitrogens with one attached hydrogen (secondary N) is 1. The molecule has 1 aromatic heterocycles. The minimum atomic E-state index is -1.11. The highest BCUT2D eigenvalue weighted by molar-refractivity contribution is 6.03. The number of fused-ring (bicyclic) bond motifs is 3. The molecule has 2 amide bonds. The van der Waals surface area contributed by atoms with E-state index < -0.39 is 5.54 Å². The van der Waals surface area contributed by atoms with Crippen molar-refractivity contribution in [1.82, 2.24) is 14.8 Å². The van der Waals surface area contributed by atoms with E-state index in [1.165, 1.54) is 12.1 Å². The van der Waals surface area contributed by atoms with E-state index in [2.05, 4.69) is 5.32 Å². The van der Waals surface area contributed by atoms with Crippen LogP contribution < -0.4 is 5.32 Å². The van der Waals surface area contributed by atoms with Gasteiger partial charge in [0.1, 0.15) is 17.1 Å². The molecule has 1 N–H and O–H groups in total. The van der Waals surface area contributed by atoms with Gasteiger partial charge in [0.25, 0.3) is 5.91 Å². The van der Waals surface area contributed by atoms with Crippen LogP contribution >= 0.6 is 0 Å². The molecule has 1 aliphatic rings. The summed E-state index contributed by atoms with van der Waals surface area (Å²) in [6, 6.07) is 15.7. The van der Waals surface area contributed by atoms with E-state index in [-0.39, 0.29) is 30.3 Å². The summed E-state index contributed by atoms with van der Waals surface area (Å²) in [6.07, 6.45) is 0.824. The third kappa shape index (κ3) is 4.64. The van der Waals surface area contributed by atoms with Gasteiger partial charge in [-0.3, -0.25) is 9.59 Å². The fraction of sp³-hybridized carbons (Fsp3) is 0.385. The lowest BCUT2D eigenvalue weighted by Crippen LogP contribution is -2.63. The summed E-state index contributed by atoms with van der Waals surface area (Å²) in [7, 11) is 0. The Bertz CT molecular complexity index is 1160. The van der Waals surface area contributed by atoms with Crippen LogP contribution in [0.25, 0.3) is 10.9 Å². The predicted molar refractivity (Wildman–Crippen MR) is 125 cm³/mol. The summed E-state index contributed by atoms with van der Waals surface area (Å²) in [5.41, 5.74) is 1.12. The molecule has 0 aliphatic carbocycles. The highest BCUT2D eigenvalue weighted by Gasteiger charge is 2.47. The molecule has 3 aromatic rings. The molecule has 7 heteroatoms. The first-order valence-corrected chi connectivity index (χ1v) is 11.3. The number of carbonyl (C=O) groups is 2. The number of aromatic nitrogens is 1. The van der Waals surface area contributed by atoms with Gasteiger partial charge in [-0.1, -0.05) is 30.3 Å². The van der Waals surface area contributed by atoms with Gasteiger partial charge in [0.15, 0.2) is 0 Å². The molecule has 6 nitrogen and oxygen atoms in total. The number of hydrogen-bond acceptors (Lipinski definition) is 3. The van der Waals surface area contributed by atoms with Crippen LogP contribution in [0.4, 0.5) is 4.39 Å². The van der Waals surface area contributed by atoms with E-state index >= 15 is 0 Å². The second-order valence-corrected chi connectivity index (χ2v) is 9.00. The van der Waals surface area contributed by atoms with Crippen LogP contribution in [0, 0.1) is 5.82 Å². The number of hydrogen-bond donors (Lipinski definition) is 1. The van der Waals surface area contributed by atoms with Gasteiger partial charge < -0.3 is 19.5 Å². The van der Waals surface area contributed by atoms with Gasteiger partial charge in [0, 0.05) is 30.6 Å². The fourth-order valence-electron chi connectivity index (χ4n) is 4.31. The van der Waals surface area contributed by atoms with Gasteiger partial charge >= 0.3 is 0 Å². The highest BCUT2D eigenvalue weighted by Crippen LogP contribution is 2.33. The summed E-state index contributed by atoms with van der Waals surface area (Å²) in [5.74, 6) is -0.776. The smallest absolute Gasteiger partial charge is 0.271 e. The lowest BCUT2D eigenvalue weighted by atomic mass is 9.93. The molecule has 174 valence electrons. The standard InChI is InChI=1S/C26H30FN3O3/c1-18(2)33-14-6-13-28-25(32)26(3)17-29-22-8-5-4-7-20(22)15-23(29)24(31)30(26)16-19-9-11-21(27)12-10-19/h4-5,7-12,15,18H,6,13-14,16-17H2,1-3H3,(H,28,32)/t26-/m0/s1. The number of ether oxygens (including phenoxy) is 1. The van der Waals surface area contributed by atoms with Crippen molar-refractivity contribution < 1.29 is 18.7 Å². The Labute approximate surface area is 193 Å². The van der Waals surface area contributed by atoms with Crippen LogP contribution in [0.5, 0.6) is 0 Å². The maximum absolute atomic E-state index is 13.7. The van der Waals surface area contributed by atoms with E-state index in [4.69, 9.17) is 4.74 Å². The van der Waals surface area contributed by atoms with Gasteiger partial charge in [-0.15, -0.1) is 0 Å². The Morgan fingerprint density at radius 3 is 2.64 bits per heavy atom. The summed E-state index contributed by atoms with van der Waals surface area (Å²) < 4.78 is 20.9. The van der Waals surface area contributed by atoms with Crippen molar-refractivity contribution in [3.8, 4) is 0 Å². The van der Waals surface area contributed by atoms with Crippen LogP contribution in [0.15, 0.2) is 54.6 Å². The molecule has 0 unspecified atom stereocenters. The predicted octanol–water partition coefficient (Wildman–Crippen LogP) is 4.13. The Kier molecular flexibility index (Phi) is 6.51. The summed E-state index contributed by atoms with van der Waals surface area (Å²) in [5, 5.41) is 3.95. The zero-order valence-electron chi connectivity index (χ0n) is 19.3. The van der Waals surface area contributed by atoms with E-state index in [0.29, 0.717) is 31.8 Å². The average Bonchev–Trinajstić information content (AvgIpc) is 3.16. The lowest BCUT2D eigenvalue weighted by Gasteiger charge is -2.44. The minimum absolute atomic E-state index is 0.140. The van der Waals surface area contributed by atoms with Crippen LogP contribution in [0.2, 0.25) is 0 Å². The molecule has 2 aromatic carbocycles. The quantitative estimate of drug-likeness (QED) is 0.524. The second kappa shape index (κ2) is 9.35. The number of nitrogens with zero attached hydrogens (tertiary/aromatic N) is 2. The van der Waals surface area contributed by atoms with Gasteiger partial charge in [-0.25, -0.2) is 4.39 Å². The third-order valence-electron chi connectivity index (χ3n) is 6.14. The molecular weight excluding hydrogens is 421 g/mol. The number of carbonyl (C=O) groups excluding carboxylic acids is 2. The van der Waals surface area contributed by atoms with Crippen LogP contribution in [0.3, 0.4) is 0 Å². The Morgan fingerprint density at radius 1 is 1.18 bits per heavy atom. The topological polar surface area (TPSA) is 63.6 Å². The number of rotatable bonds is 8. The highest BCUT2D eigenvalue weighted by atomic mass is 19.1. The molecule has 0 fully saturated rings. The Hall–Kier alpha value is -3.19. The molecule has 0 radical (unpaired) electrons. The van der Waals surface area contributed by atoms with Gasteiger partial charge in [-0.2, -0.15) is 0 Å². The molecule has 0 spiro atoms. The number of amides is 2.